The van der Waals surface area contributed by atoms with Crippen molar-refractivity contribution in [3.8, 4) is 0 Å². The second-order valence-electron chi connectivity index (χ2n) is 4.39. The van der Waals surface area contributed by atoms with Gasteiger partial charge in [-0.25, -0.2) is 4.39 Å². The van der Waals surface area contributed by atoms with E-state index in [1.165, 1.54) is 0 Å². The molecular weight excluding hydrogens is 223 g/mol. The largest absolute Gasteiger partial charge is 0.373 e. The summed E-state index contributed by atoms with van der Waals surface area (Å²) in [7, 11) is 0. The molecule has 3 rings (SSSR count). The third kappa shape index (κ3) is 2.20. The van der Waals surface area contributed by atoms with E-state index in [0.29, 0.717) is 19.6 Å². The molecule has 0 bridgehead atoms. The van der Waals surface area contributed by atoms with Crippen molar-refractivity contribution in [3.63, 3.8) is 0 Å². The monoisotopic (exact) mass is 238 g/mol. The Bertz CT molecular complexity index is 370. The van der Waals surface area contributed by atoms with Crippen LogP contribution in [0.25, 0.3) is 0 Å². The lowest BCUT2D eigenvalue weighted by Gasteiger charge is -2.40. The molecule has 0 aromatic heterocycles. The van der Waals surface area contributed by atoms with Crippen LogP contribution in [0.5, 0.6) is 0 Å². The van der Waals surface area contributed by atoms with Gasteiger partial charge >= 0.3 is 0 Å². The summed E-state index contributed by atoms with van der Waals surface area (Å²) in [6, 6.07) is 9.59. The van der Waals surface area contributed by atoms with Gasteiger partial charge in [-0.1, -0.05) is 30.3 Å². The van der Waals surface area contributed by atoms with Crippen LogP contribution in [0.4, 0.5) is 4.39 Å². The van der Waals surface area contributed by atoms with Crippen LogP contribution in [-0.2, 0) is 14.2 Å². The lowest BCUT2D eigenvalue weighted by molar-refractivity contribution is -0.291. The lowest BCUT2D eigenvalue weighted by atomic mass is 10.0. The van der Waals surface area contributed by atoms with Crippen LogP contribution in [-0.4, -0.2) is 31.6 Å². The number of benzene rings is 1. The molecule has 2 saturated heterocycles. The van der Waals surface area contributed by atoms with Crippen LogP contribution < -0.4 is 0 Å². The highest BCUT2D eigenvalue weighted by molar-refractivity contribution is 5.16. The molecule has 0 amide bonds. The van der Waals surface area contributed by atoms with Crippen molar-refractivity contribution in [1.82, 2.24) is 0 Å². The molecule has 2 aliphatic rings. The minimum atomic E-state index is -0.955. The molecule has 2 heterocycles. The first-order valence-corrected chi connectivity index (χ1v) is 5.92. The van der Waals surface area contributed by atoms with Gasteiger partial charge in [0.2, 0.25) is 0 Å². The predicted molar refractivity (Wildman–Crippen MR) is 59.3 cm³/mol. The van der Waals surface area contributed by atoms with Gasteiger partial charge in [-0.2, -0.15) is 0 Å². The van der Waals surface area contributed by atoms with Gasteiger partial charge in [0.1, 0.15) is 18.4 Å². The molecule has 1 aromatic rings. The van der Waals surface area contributed by atoms with E-state index >= 15 is 0 Å². The maximum absolute atomic E-state index is 13.7. The molecule has 1 aromatic carbocycles. The van der Waals surface area contributed by atoms with E-state index in [2.05, 4.69) is 0 Å². The van der Waals surface area contributed by atoms with Gasteiger partial charge in [0.25, 0.3) is 0 Å². The third-order valence-corrected chi connectivity index (χ3v) is 3.21. The standard InChI is InChI=1S/C13H15FO3/c14-10-6-7-15-11-8-16-13(17-12(10)11)9-4-2-1-3-5-9/h1-5,10-13H,6-8H2. The Balaban J connectivity index is 1.74. The van der Waals surface area contributed by atoms with Gasteiger partial charge in [0.05, 0.1) is 13.2 Å². The van der Waals surface area contributed by atoms with Gasteiger partial charge in [-0.05, 0) is 0 Å². The molecule has 17 heavy (non-hydrogen) atoms. The molecule has 0 radical (unpaired) electrons. The summed E-state index contributed by atoms with van der Waals surface area (Å²) in [6.07, 6.45) is -1.79. The summed E-state index contributed by atoms with van der Waals surface area (Å²) in [5.41, 5.74) is 0.920. The fourth-order valence-electron chi connectivity index (χ4n) is 2.29. The van der Waals surface area contributed by atoms with Crippen molar-refractivity contribution in [3.05, 3.63) is 35.9 Å². The van der Waals surface area contributed by atoms with E-state index in [1.807, 2.05) is 30.3 Å². The predicted octanol–water partition coefficient (Wildman–Crippen LogP) is 2.23. The zero-order valence-corrected chi connectivity index (χ0v) is 9.42. The molecule has 92 valence electrons. The summed E-state index contributed by atoms with van der Waals surface area (Å²) < 4.78 is 30.4. The van der Waals surface area contributed by atoms with E-state index < -0.39 is 18.6 Å². The molecule has 0 saturated carbocycles. The Morgan fingerprint density at radius 2 is 1.94 bits per heavy atom. The van der Waals surface area contributed by atoms with Crippen LogP contribution in [0.3, 0.4) is 0 Å². The zero-order valence-electron chi connectivity index (χ0n) is 9.42. The second kappa shape index (κ2) is 4.72. The molecule has 0 N–H and O–H groups in total. The summed E-state index contributed by atoms with van der Waals surface area (Å²) in [4.78, 5) is 0. The van der Waals surface area contributed by atoms with Crippen LogP contribution in [0.2, 0.25) is 0 Å². The summed E-state index contributed by atoms with van der Waals surface area (Å²) >= 11 is 0. The van der Waals surface area contributed by atoms with Gasteiger partial charge in [-0.3, -0.25) is 0 Å². The van der Waals surface area contributed by atoms with Crippen LogP contribution in [0.15, 0.2) is 30.3 Å². The highest BCUT2D eigenvalue weighted by atomic mass is 19.1. The number of rotatable bonds is 1. The van der Waals surface area contributed by atoms with E-state index in [-0.39, 0.29) is 6.10 Å². The van der Waals surface area contributed by atoms with Crippen LogP contribution in [0, 0.1) is 0 Å². The van der Waals surface area contributed by atoms with Crippen molar-refractivity contribution < 1.29 is 18.6 Å². The van der Waals surface area contributed by atoms with Crippen molar-refractivity contribution >= 4 is 0 Å². The Morgan fingerprint density at radius 3 is 2.76 bits per heavy atom. The molecule has 4 atom stereocenters. The topological polar surface area (TPSA) is 27.7 Å². The third-order valence-electron chi connectivity index (χ3n) is 3.21. The van der Waals surface area contributed by atoms with Gasteiger partial charge < -0.3 is 14.2 Å². The Kier molecular flexibility index (Phi) is 3.09. The fourth-order valence-corrected chi connectivity index (χ4v) is 2.29. The first-order valence-electron chi connectivity index (χ1n) is 5.92. The highest BCUT2D eigenvalue weighted by Crippen LogP contribution is 2.32. The van der Waals surface area contributed by atoms with Gasteiger partial charge in [0.15, 0.2) is 6.29 Å². The summed E-state index contributed by atoms with van der Waals surface area (Å²) in [5.74, 6) is 0. The SMILES string of the molecule is FC1CCOC2COC(c3ccccc3)OC12. The smallest absolute Gasteiger partial charge is 0.184 e. The fraction of sp³-hybridized carbons (Fsp3) is 0.538. The minimum Gasteiger partial charge on any atom is -0.373 e. The number of halogens is 1. The summed E-state index contributed by atoms with van der Waals surface area (Å²) in [6.45, 7) is 0.843. The van der Waals surface area contributed by atoms with Crippen molar-refractivity contribution in [2.75, 3.05) is 13.2 Å². The summed E-state index contributed by atoms with van der Waals surface area (Å²) in [5, 5.41) is 0. The average Bonchev–Trinajstić information content (AvgIpc) is 2.40. The Labute approximate surface area is 99.5 Å². The number of hydrogen-bond acceptors (Lipinski definition) is 3. The Morgan fingerprint density at radius 1 is 1.12 bits per heavy atom. The maximum Gasteiger partial charge on any atom is 0.184 e. The first-order chi connectivity index (χ1) is 8.34. The molecule has 2 fully saturated rings. The second-order valence-corrected chi connectivity index (χ2v) is 4.39. The number of fused-ring (bicyclic) bond motifs is 1. The number of ether oxygens (including phenoxy) is 3. The van der Waals surface area contributed by atoms with E-state index in [0.717, 1.165) is 5.56 Å². The Hall–Kier alpha value is -0.970. The first kappa shape index (κ1) is 11.1. The van der Waals surface area contributed by atoms with E-state index in [1.54, 1.807) is 0 Å². The molecular formula is C13H15FO3. The molecule has 0 spiro atoms. The van der Waals surface area contributed by atoms with E-state index in [4.69, 9.17) is 14.2 Å². The molecule has 4 heteroatoms. The minimum absolute atomic E-state index is 0.265. The van der Waals surface area contributed by atoms with Crippen molar-refractivity contribution in [2.45, 2.75) is 31.1 Å². The molecule has 2 aliphatic heterocycles. The molecule has 3 nitrogen and oxygen atoms in total. The quantitative estimate of drug-likeness (QED) is 0.751. The zero-order chi connectivity index (χ0) is 11.7. The van der Waals surface area contributed by atoms with Crippen molar-refractivity contribution in [1.29, 1.82) is 0 Å². The number of alkyl halides is 1. The van der Waals surface area contributed by atoms with Gasteiger partial charge in [0, 0.05) is 12.0 Å². The normalized spacial score (nSPS) is 37.5. The maximum atomic E-state index is 13.7. The lowest BCUT2D eigenvalue weighted by Crippen LogP contribution is -2.50. The van der Waals surface area contributed by atoms with Crippen molar-refractivity contribution in [2.24, 2.45) is 0 Å². The van der Waals surface area contributed by atoms with Crippen LogP contribution in [0.1, 0.15) is 18.3 Å². The van der Waals surface area contributed by atoms with Crippen LogP contribution >= 0.6 is 0 Å². The highest BCUT2D eigenvalue weighted by Gasteiger charge is 2.41. The molecule has 4 unspecified atom stereocenters. The number of hydrogen-bond donors (Lipinski definition) is 0. The molecule has 0 aliphatic carbocycles. The average molecular weight is 238 g/mol. The van der Waals surface area contributed by atoms with Gasteiger partial charge in [-0.15, -0.1) is 0 Å². The van der Waals surface area contributed by atoms with E-state index in [9.17, 15) is 4.39 Å².